The van der Waals surface area contributed by atoms with Gasteiger partial charge in [0.25, 0.3) is 10.2 Å². The number of piperidine rings is 1. The van der Waals surface area contributed by atoms with E-state index in [2.05, 4.69) is 10.1 Å². The molecule has 1 atom stereocenters. The van der Waals surface area contributed by atoms with E-state index in [0.717, 1.165) is 18.6 Å². The van der Waals surface area contributed by atoms with Crippen molar-refractivity contribution in [3.05, 3.63) is 46.9 Å². The van der Waals surface area contributed by atoms with Crippen molar-refractivity contribution in [1.82, 2.24) is 14.4 Å². The lowest BCUT2D eigenvalue weighted by atomic mass is 9.92. The molecule has 1 aliphatic heterocycles. The summed E-state index contributed by atoms with van der Waals surface area (Å²) in [7, 11) is -3.71. The van der Waals surface area contributed by atoms with Gasteiger partial charge < -0.3 is 4.52 Å². The number of halogens is 4. The number of hydrogen-bond donors (Lipinski definition) is 1. The predicted octanol–water partition coefficient (Wildman–Crippen LogP) is 2.59. The lowest BCUT2D eigenvalue weighted by Gasteiger charge is -2.30. The van der Waals surface area contributed by atoms with E-state index in [1.807, 2.05) is 0 Å². The Hall–Kier alpha value is -2.05. The molecular weight excluding hydrogens is 416 g/mol. The zero-order valence-electron chi connectivity index (χ0n) is 15.1. The largest absolute Gasteiger partial charge is 0.416 e. The second-order valence-corrected chi connectivity index (χ2v) is 9.14. The summed E-state index contributed by atoms with van der Waals surface area (Å²) >= 11 is 0. The molecule has 1 aliphatic carbocycles. The third kappa shape index (κ3) is 4.01. The smallest absolute Gasteiger partial charge is 0.339 e. The molecule has 0 bridgehead atoms. The van der Waals surface area contributed by atoms with Crippen molar-refractivity contribution < 1.29 is 30.5 Å². The molecule has 0 unspecified atom stereocenters. The van der Waals surface area contributed by atoms with Gasteiger partial charge in [0.15, 0.2) is 5.82 Å². The molecule has 1 aromatic carbocycles. The summed E-state index contributed by atoms with van der Waals surface area (Å²) < 4.78 is 81.6. The summed E-state index contributed by atoms with van der Waals surface area (Å²) in [5.74, 6) is -0.358. The second kappa shape index (κ2) is 6.74. The van der Waals surface area contributed by atoms with Crippen molar-refractivity contribution in [2.45, 2.75) is 37.8 Å². The first-order valence-corrected chi connectivity index (χ1v) is 10.4. The highest BCUT2D eigenvalue weighted by Crippen LogP contribution is 2.64. The lowest BCUT2D eigenvalue weighted by molar-refractivity contribution is -0.137. The van der Waals surface area contributed by atoms with Gasteiger partial charge in [-0.3, -0.25) is 0 Å². The van der Waals surface area contributed by atoms with E-state index in [1.165, 1.54) is 4.31 Å². The molecule has 2 fully saturated rings. The molecule has 2 aliphatic rings. The zero-order valence-corrected chi connectivity index (χ0v) is 15.9. The van der Waals surface area contributed by atoms with Gasteiger partial charge in [-0.2, -0.15) is 30.9 Å². The number of nitrogens with two attached hydrogens (primary N) is 1. The van der Waals surface area contributed by atoms with Crippen LogP contribution in [0.2, 0.25) is 0 Å². The molecule has 1 aromatic heterocycles. The fraction of sp³-hybridized carbons (Fsp3) is 0.529. The van der Waals surface area contributed by atoms with Crippen LogP contribution in [-0.2, 0) is 22.8 Å². The van der Waals surface area contributed by atoms with E-state index < -0.39 is 27.8 Å². The summed E-state index contributed by atoms with van der Waals surface area (Å²) in [6.45, 7) is 0.630. The molecule has 29 heavy (non-hydrogen) atoms. The van der Waals surface area contributed by atoms with Crippen LogP contribution in [0.3, 0.4) is 0 Å². The van der Waals surface area contributed by atoms with E-state index in [-0.39, 0.29) is 29.2 Å². The van der Waals surface area contributed by atoms with Crippen LogP contribution in [0.4, 0.5) is 17.6 Å². The standard InChI is InChI=1S/C17H18F4N4O3S/c18-13-2-1-11(17(19,20)21)7-10(13)8-14-23-15(24-28-14)12-9-16(12)3-5-25(6-4-16)29(22,26)27/h1-2,7,12H,3-6,8-9H2,(H2,22,26,27)/t12-/m0/s1. The highest BCUT2D eigenvalue weighted by molar-refractivity contribution is 7.86. The van der Waals surface area contributed by atoms with Crippen LogP contribution >= 0.6 is 0 Å². The minimum Gasteiger partial charge on any atom is -0.339 e. The van der Waals surface area contributed by atoms with E-state index in [9.17, 15) is 26.0 Å². The van der Waals surface area contributed by atoms with Crippen molar-refractivity contribution in [3.63, 3.8) is 0 Å². The number of alkyl halides is 3. The van der Waals surface area contributed by atoms with E-state index >= 15 is 0 Å². The third-order valence-electron chi connectivity index (χ3n) is 5.78. The average molecular weight is 434 g/mol. The van der Waals surface area contributed by atoms with E-state index in [1.54, 1.807) is 0 Å². The molecule has 2 aromatic rings. The minimum absolute atomic E-state index is 0.0195. The Morgan fingerprint density at radius 1 is 1.28 bits per heavy atom. The van der Waals surface area contributed by atoms with Crippen molar-refractivity contribution >= 4 is 10.2 Å². The van der Waals surface area contributed by atoms with Crippen molar-refractivity contribution in [2.75, 3.05) is 13.1 Å². The van der Waals surface area contributed by atoms with Crippen LogP contribution in [0.1, 0.15) is 48.0 Å². The maximum atomic E-state index is 13.9. The first-order chi connectivity index (χ1) is 13.5. The van der Waals surface area contributed by atoms with Crippen LogP contribution in [-0.4, -0.2) is 36.0 Å². The summed E-state index contributed by atoms with van der Waals surface area (Å²) in [5, 5.41) is 9.05. The van der Waals surface area contributed by atoms with Gasteiger partial charge in [0.1, 0.15) is 5.82 Å². The Labute approximate surface area is 164 Å². The Balaban J connectivity index is 1.45. The van der Waals surface area contributed by atoms with E-state index in [4.69, 9.17) is 9.66 Å². The van der Waals surface area contributed by atoms with Crippen LogP contribution in [0.5, 0.6) is 0 Å². The molecule has 12 heteroatoms. The summed E-state index contributed by atoms with van der Waals surface area (Å²) in [4.78, 5) is 4.24. The van der Waals surface area contributed by atoms with Gasteiger partial charge in [0, 0.05) is 19.0 Å². The number of aromatic nitrogens is 2. The van der Waals surface area contributed by atoms with Crippen LogP contribution in [0, 0.1) is 11.2 Å². The molecular formula is C17H18F4N4O3S. The maximum Gasteiger partial charge on any atom is 0.416 e. The summed E-state index contributed by atoms with van der Waals surface area (Å²) in [6, 6.07) is 2.19. The number of benzene rings is 1. The Morgan fingerprint density at radius 3 is 2.59 bits per heavy atom. The van der Waals surface area contributed by atoms with Gasteiger partial charge in [-0.25, -0.2) is 9.53 Å². The van der Waals surface area contributed by atoms with Crippen LogP contribution in [0.25, 0.3) is 0 Å². The zero-order chi connectivity index (χ0) is 21.0. The Kier molecular flexibility index (Phi) is 4.70. The van der Waals surface area contributed by atoms with Gasteiger partial charge in [-0.1, -0.05) is 5.16 Å². The van der Waals surface area contributed by atoms with Gasteiger partial charge >= 0.3 is 6.18 Å². The molecule has 1 spiro atoms. The Morgan fingerprint density at radius 2 is 1.97 bits per heavy atom. The molecule has 7 nitrogen and oxygen atoms in total. The predicted molar refractivity (Wildman–Crippen MR) is 92.2 cm³/mol. The molecule has 2 heterocycles. The first kappa shape index (κ1) is 20.2. The third-order valence-corrected chi connectivity index (χ3v) is 6.86. The van der Waals surface area contributed by atoms with Crippen molar-refractivity contribution in [2.24, 2.45) is 10.6 Å². The van der Waals surface area contributed by atoms with E-state index in [0.29, 0.717) is 37.8 Å². The fourth-order valence-corrected chi connectivity index (χ4v) is 4.67. The SMILES string of the molecule is NS(=O)(=O)N1CCC2(CC1)C[C@H]2c1noc(Cc2cc(C(F)(F)F)ccc2F)n1. The molecule has 4 rings (SSSR count). The molecule has 1 saturated carbocycles. The quantitative estimate of drug-likeness (QED) is 0.746. The number of hydrogen-bond acceptors (Lipinski definition) is 5. The lowest BCUT2D eigenvalue weighted by Crippen LogP contribution is -2.43. The average Bonchev–Trinajstić information content (AvgIpc) is 3.10. The summed E-state index contributed by atoms with van der Waals surface area (Å²) in [5.41, 5.74) is -1.25. The normalized spacial score (nSPS) is 22.2. The fourth-order valence-electron chi connectivity index (χ4n) is 3.98. The van der Waals surface area contributed by atoms with Crippen molar-refractivity contribution in [1.29, 1.82) is 0 Å². The molecule has 0 amide bonds. The van der Waals surface area contributed by atoms with Crippen LogP contribution < -0.4 is 5.14 Å². The molecule has 1 saturated heterocycles. The van der Waals surface area contributed by atoms with Gasteiger partial charge in [0.2, 0.25) is 5.89 Å². The highest BCUT2D eigenvalue weighted by Gasteiger charge is 2.58. The topological polar surface area (TPSA) is 102 Å². The molecule has 2 N–H and O–H groups in total. The molecule has 158 valence electrons. The minimum atomic E-state index is -4.57. The molecule has 0 radical (unpaired) electrons. The first-order valence-electron chi connectivity index (χ1n) is 8.94. The monoisotopic (exact) mass is 434 g/mol. The number of nitrogens with zero attached hydrogens (tertiary/aromatic N) is 3. The van der Waals surface area contributed by atoms with Crippen molar-refractivity contribution in [3.8, 4) is 0 Å². The number of rotatable bonds is 4. The van der Waals surface area contributed by atoms with Gasteiger partial charge in [0.05, 0.1) is 12.0 Å². The highest BCUT2D eigenvalue weighted by atomic mass is 32.2. The van der Waals surface area contributed by atoms with Crippen LogP contribution in [0.15, 0.2) is 22.7 Å². The maximum absolute atomic E-state index is 13.9. The summed E-state index contributed by atoms with van der Waals surface area (Å²) in [6.07, 6.45) is -2.83. The van der Waals surface area contributed by atoms with Gasteiger partial charge in [-0.05, 0) is 48.4 Å². The Bertz CT molecular complexity index is 1030. The second-order valence-electron chi connectivity index (χ2n) is 7.59. The van der Waals surface area contributed by atoms with Gasteiger partial charge in [-0.15, -0.1) is 0 Å².